The van der Waals surface area contributed by atoms with Crippen molar-refractivity contribution in [3.63, 3.8) is 0 Å². The summed E-state index contributed by atoms with van der Waals surface area (Å²) in [7, 11) is -3.57. The van der Waals surface area contributed by atoms with E-state index in [9.17, 15) is 13.2 Å². The quantitative estimate of drug-likeness (QED) is 0.893. The molecule has 0 aliphatic heterocycles. The number of thiazole rings is 1. The minimum atomic E-state index is -3.57. The van der Waals surface area contributed by atoms with Gasteiger partial charge >= 0.3 is 4.87 Å². The maximum atomic E-state index is 12.2. The molecule has 0 unspecified atom stereocenters. The van der Waals surface area contributed by atoms with Gasteiger partial charge in [-0.25, -0.2) is 13.1 Å². The molecule has 19 heavy (non-hydrogen) atoms. The second kappa shape index (κ2) is 5.38. The van der Waals surface area contributed by atoms with E-state index in [-0.39, 0.29) is 14.5 Å². The van der Waals surface area contributed by atoms with E-state index in [0.29, 0.717) is 12.2 Å². The van der Waals surface area contributed by atoms with Crippen molar-refractivity contribution in [2.45, 2.75) is 50.2 Å². The van der Waals surface area contributed by atoms with Gasteiger partial charge in [0.05, 0.1) is 0 Å². The highest BCUT2D eigenvalue weighted by atomic mass is 32.2. The van der Waals surface area contributed by atoms with Crippen molar-refractivity contribution >= 4 is 21.4 Å². The Morgan fingerprint density at radius 3 is 2.47 bits per heavy atom. The zero-order valence-electron chi connectivity index (χ0n) is 11.3. The molecule has 5 nitrogen and oxygen atoms in total. The normalized spacial score (nSPS) is 19.5. The highest BCUT2D eigenvalue weighted by molar-refractivity contribution is 7.91. The van der Waals surface area contributed by atoms with Gasteiger partial charge in [-0.05, 0) is 25.2 Å². The molecule has 1 fully saturated rings. The summed E-state index contributed by atoms with van der Waals surface area (Å²) >= 11 is 0.745. The van der Waals surface area contributed by atoms with Crippen LogP contribution in [0.4, 0.5) is 0 Å². The molecule has 108 valence electrons. The second-order valence-electron chi connectivity index (χ2n) is 5.62. The summed E-state index contributed by atoms with van der Waals surface area (Å²) in [6.45, 7) is 4.18. The Balaban J connectivity index is 2.10. The smallest absolute Gasteiger partial charge is 0.305 e. The Bertz CT molecular complexity index is 595. The van der Waals surface area contributed by atoms with Crippen molar-refractivity contribution in [3.8, 4) is 0 Å². The molecule has 0 bridgehead atoms. The number of aromatic nitrogens is 1. The minimum absolute atomic E-state index is 0.0422. The summed E-state index contributed by atoms with van der Waals surface area (Å²) in [5.41, 5.74) is 0.455. The van der Waals surface area contributed by atoms with Crippen LogP contribution in [0.2, 0.25) is 0 Å². The first-order chi connectivity index (χ1) is 8.82. The van der Waals surface area contributed by atoms with Crippen molar-refractivity contribution in [3.05, 3.63) is 15.4 Å². The van der Waals surface area contributed by atoms with Crippen molar-refractivity contribution in [2.24, 2.45) is 5.41 Å². The van der Waals surface area contributed by atoms with Gasteiger partial charge in [0.2, 0.25) is 0 Å². The number of hydrogen-bond acceptors (Lipinski definition) is 4. The lowest BCUT2D eigenvalue weighted by Crippen LogP contribution is -2.36. The van der Waals surface area contributed by atoms with Gasteiger partial charge in [0.25, 0.3) is 10.0 Å². The summed E-state index contributed by atoms with van der Waals surface area (Å²) < 4.78 is 27.2. The van der Waals surface area contributed by atoms with Gasteiger partial charge in [-0.15, -0.1) is 0 Å². The molecular formula is C12H20N2O3S2. The number of nitrogens with one attached hydrogen (secondary N) is 2. The SMILES string of the molecule is Cc1[nH]c(=O)sc1S(=O)(=O)NCC1(C)CCCCC1. The van der Waals surface area contributed by atoms with Gasteiger partial charge in [0.15, 0.2) is 4.21 Å². The van der Waals surface area contributed by atoms with Crippen LogP contribution in [0.25, 0.3) is 0 Å². The fourth-order valence-corrected chi connectivity index (χ4v) is 5.11. The zero-order chi connectivity index (χ0) is 14.1. The Morgan fingerprint density at radius 2 is 1.95 bits per heavy atom. The summed E-state index contributed by atoms with van der Waals surface area (Å²) in [4.78, 5) is 13.4. The largest absolute Gasteiger partial charge is 0.315 e. The van der Waals surface area contributed by atoms with E-state index < -0.39 is 10.0 Å². The van der Waals surface area contributed by atoms with Crippen LogP contribution in [0.5, 0.6) is 0 Å². The molecule has 0 atom stereocenters. The van der Waals surface area contributed by atoms with E-state index in [4.69, 9.17) is 0 Å². The van der Waals surface area contributed by atoms with Crippen molar-refractivity contribution in [1.82, 2.24) is 9.71 Å². The van der Waals surface area contributed by atoms with E-state index in [0.717, 1.165) is 37.0 Å². The van der Waals surface area contributed by atoms with E-state index in [1.807, 2.05) is 0 Å². The highest BCUT2D eigenvalue weighted by Crippen LogP contribution is 2.35. The van der Waals surface area contributed by atoms with Crippen LogP contribution in [-0.2, 0) is 10.0 Å². The lowest BCUT2D eigenvalue weighted by atomic mass is 9.76. The van der Waals surface area contributed by atoms with E-state index in [2.05, 4.69) is 16.6 Å². The minimum Gasteiger partial charge on any atom is -0.315 e. The maximum Gasteiger partial charge on any atom is 0.305 e. The first kappa shape index (κ1) is 14.7. The molecule has 1 heterocycles. The monoisotopic (exact) mass is 304 g/mol. The van der Waals surface area contributed by atoms with Gasteiger partial charge in [-0.3, -0.25) is 4.79 Å². The summed E-state index contributed by atoms with van der Waals surface area (Å²) in [5, 5.41) is 0. The second-order valence-corrected chi connectivity index (χ2v) is 8.57. The molecular weight excluding hydrogens is 284 g/mol. The number of hydrogen-bond donors (Lipinski definition) is 2. The first-order valence-electron chi connectivity index (χ1n) is 6.52. The van der Waals surface area contributed by atoms with E-state index in [1.165, 1.54) is 6.42 Å². The number of aryl methyl sites for hydroxylation is 1. The Labute approximate surface area is 117 Å². The summed E-state index contributed by atoms with van der Waals surface area (Å²) in [6.07, 6.45) is 5.67. The van der Waals surface area contributed by atoms with Gasteiger partial charge < -0.3 is 4.98 Å². The van der Waals surface area contributed by atoms with Gasteiger partial charge in [0, 0.05) is 12.2 Å². The molecule has 2 rings (SSSR count). The van der Waals surface area contributed by atoms with Crippen LogP contribution in [0.1, 0.15) is 44.7 Å². The summed E-state index contributed by atoms with van der Waals surface area (Å²) in [5.74, 6) is 0. The molecule has 1 aliphatic carbocycles. The van der Waals surface area contributed by atoms with Crippen molar-refractivity contribution in [1.29, 1.82) is 0 Å². The van der Waals surface area contributed by atoms with Crippen LogP contribution in [-0.4, -0.2) is 19.9 Å². The molecule has 1 aromatic heterocycles. The molecule has 1 aromatic rings. The van der Waals surface area contributed by atoms with E-state index in [1.54, 1.807) is 6.92 Å². The molecule has 0 spiro atoms. The Hall–Kier alpha value is -0.660. The molecule has 0 radical (unpaired) electrons. The zero-order valence-corrected chi connectivity index (χ0v) is 12.9. The summed E-state index contributed by atoms with van der Waals surface area (Å²) in [6, 6.07) is 0. The Morgan fingerprint density at radius 1 is 1.32 bits per heavy atom. The number of sulfonamides is 1. The van der Waals surface area contributed by atoms with Crippen LogP contribution < -0.4 is 9.60 Å². The van der Waals surface area contributed by atoms with Gasteiger partial charge in [-0.1, -0.05) is 37.5 Å². The molecule has 1 saturated carbocycles. The molecule has 0 saturated heterocycles. The van der Waals surface area contributed by atoms with Gasteiger partial charge in [-0.2, -0.15) is 0 Å². The van der Waals surface area contributed by atoms with Crippen molar-refractivity contribution in [2.75, 3.05) is 6.54 Å². The third kappa shape index (κ3) is 3.46. The average molecular weight is 304 g/mol. The van der Waals surface area contributed by atoms with Crippen LogP contribution in [0, 0.1) is 12.3 Å². The first-order valence-corrected chi connectivity index (χ1v) is 8.82. The maximum absolute atomic E-state index is 12.2. The van der Waals surface area contributed by atoms with Gasteiger partial charge in [0.1, 0.15) is 0 Å². The molecule has 0 aromatic carbocycles. The number of aromatic amines is 1. The lowest BCUT2D eigenvalue weighted by Gasteiger charge is -2.33. The van der Waals surface area contributed by atoms with Crippen LogP contribution >= 0.6 is 11.3 Å². The third-order valence-corrected chi connectivity index (χ3v) is 6.78. The average Bonchev–Trinajstić information content (AvgIpc) is 2.68. The van der Waals surface area contributed by atoms with Crippen LogP contribution in [0.3, 0.4) is 0 Å². The topological polar surface area (TPSA) is 79.0 Å². The standard InChI is InChI=1S/C12H20N2O3S2/c1-9-10(18-11(15)14-9)19(16,17)13-8-12(2)6-4-3-5-7-12/h13H,3-8H2,1-2H3,(H,14,15). The molecule has 7 heteroatoms. The molecule has 2 N–H and O–H groups in total. The van der Waals surface area contributed by atoms with Crippen molar-refractivity contribution < 1.29 is 8.42 Å². The van der Waals surface area contributed by atoms with E-state index >= 15 is 0 Å². The van der Waals surface area contributed by atoms with Crippen LogP contribution in [0.15, 0.2) is 9.00 Å². The Kier molecular flexibility index (Phi) is 4.17. The predicted octanol–water partition coefficient (Wildman–Crippen LogP) is 1.99. The number of rotatable bonds is 4. The predicted molar refractivity (Wildman–Crippen MR) is 76.1 cm³/mol. The third-order valence-electron chi connectivity index (χ3n) is 3.77. The number of H-pyrrole nitrogens is 1. The fraction of sp³-hybridized carbons (Fsp3) is 0.750. The fourth-order valence-electron chi connectivity index (χ4n) is 2.56. The molecule has 0 amide bonds. The highest BCUT2D eigenvalue weighted by Gasteiger charge is 2.29. The lowest BCUT2D eigenvalue weighted by molar-refractivity contribution is 0.219. The molecule has 1 aliphatic rings.